The molecule has 2 rings (SSSR count). The number of H-pyrrole nitrogens is 1. The molecule has 0 amide bonds. The minimum atomic E-state index is 1.23. The Morgan fingerprint density at radius 3 is 2.70 bits per heavy atom. The van der Waals surface area contributed by atoms with Gasteiger partial charge >= 0.3 is 0 Å². The van der Waals surface area contributed by atoms with E-state index in [4.69, 9.17) is 0 Å². The van der Waals surface area contributed by atoms with Crippen molar-refractivity contribution in [3.05, 3.63) is 18.5 Å². The van der Waals surface area contributed by atoms with Gasteiger partial charge in [-0.2, -0.15) is 0 Å². The van der Waals surface area contributed by atoms with Crippen LogP contribution in [0.25, 0.3) is 0 Å². The second-order valence-electron chi connectivity index (χ2n) is 2.76. The van der Waals surface area contributed by atoms with E-state index in [1.807, 2.05) is 6.20 Å². The molecule has 1 aromatic rings. The standard InChI is InChI=1S/C8H12N2/c1-2-6-10(5-1)8-3-4-9-7-8/h3-4,7,9H,1-2,5-6H2. The van der Waals surface area contributed by atoms with Crippen molar-refractivity contribution in [3.8, 4) is 0 Å². The molecule has 1 N–H and O–H groups in total. The predicted octanol–water partition coefficient (Wildman–Crippen LogP) is 1.61. The first-order valence-electron chi connectivity index (χ1n) is 3.84. The summed E-state index contributed by atoms with van der Waals surface area (Å²) in [6, 6.07) is 2.13. The van der Waals surface area contributed by atoms with Gasteiger partial charge in [-0.1, -0.05) is 0 Å². The van der Waals surface area contributed by atoms with E-state index >= 15 is 0 Å². The second-order valence-corrected chi connectivity index (χ2v) is 2.76. The van der Waals surface area contributed by atoms with E-state index in [9.17, 15) is 0 Å². The zero-order chi connectivity index (χ0) is 6.81. The summed E-state index contributed by atoms with van der Waals surface area (Å²) in [5.74, 6) is 0. The molecular formula is C8H12N2. The van der Waals surface area contributed by atoms with E-state index in [2.05, 4.69) is 22.1 Å². The Kier molecular flexibility index (Phi) is 1.38. The maximum atomic E-state index is 3.06. The summed E-state index contributed by atoms with van der Waals surface area (Å²) in [5, 5.41) is 0. The third-order valence-electron chi connectivity index (χ3n) is 2.05. The zero-order valence-electron chi connectivity index (χ0n) is 6.01. The molecule has 0 radical (unpaired) electrons. The summed E-state index contributed by atoms with van der Waals surface area (Å²) in [4.78, 5) is 5.48. The summed E-state index contributed by atoms with van der Waals surface area (Å²) < 4.78 is 0. The molecule has 0 bridgehead atoms. The van der Waals surface area contributed by atoms with Gasteiger partial charge in [-0.15, -0.1) is 0 Å². The number of aromatic nitrogens is 1. The van der Waals surface area contributed by atoms with E-state index in [1.54, 1.807) is 0 Å². The average Bonchev–Trinajstić information content (AvgIpc) is 2.59. The van der Waals surface area contributed by atoms with Crippen LogP contribution in [0.3, 0.4) is 0 Å². The SMILES string of the molecule is c1cc(N2CCCC2)c[nH]1. The van der Waals surface area contributed by atoms with Crippen LogP contribution in [-0.2, 0) is 0 Å². The van der Waals surface area contributed by atoms with Gasteiger partial charge in [0.1, 0.15) is 0 Å². The Balaban J connectivity index is 2.12. The van der Waals surface area contributed by atoms with Crippen LogP contribution in [-0.4, -0.2) is 18.1 Å². The summed E-state index contributed by atoms with van der Waals surface area (Å²) >= 11 is 0. The van der Waals surface area contributed by atoms with Crippen LogP contribution in [0.2, 0.25) is 0 Å². The number of hydrogen-bond donors (Lipinski definition) is 1. The molecular weight excluding hydrogens is 124 g/mol. The maximum Gasteiger partial charge on any atom is 0.0543 e. The predicted molar refractivity (Wildman–Crippen MR) is 42.2 cm³/mol. The maximum absolute atomic E-state index is 3.06. The van der Waals surface area contributed by atoms with Gasteiger partial charge in [0.05, 0.1) is 5.69 Å². The van der Waals surface area contributed by atoms with Gasteiger partial charge in [-0.3, -0.25) is 0 Å². The lowest BCUT2D eigenvalue weighted by Gasteiger charge is -2.13. The zero-order valence-corrected chi connectivity index (χ0v) is 6.01. The lowest BCUT2D eigenvalue weighted by atomic mass is 10.4. The van der Waals surface area contributed by atoms with Gasteiger partial charge in [0.25, 0.3) is 0 Å². The Labute approximate surface area is 60.9 Å². The summed E-state index contributed by atoms with van der Waals surface area (Å²) in [6.07, 6.45) is 6.75. The fourth-order valence-corrected chi connectivity index (χ4v) is 1.49. The molecule has 0 unspecified atom stereocenters. The molecule has 0 saturated carbocycles. The van der Waals surface area contributed by atoms with Crippen molar-refractivity contribution in [1.29, 1.82) is 0 Å². The smallest absolute Gasteiger partial charge is 0.0543 e. The van der Waals surface area contributed by atoms with E-state index in [1.165, 1.54) is 31.6 Å². The molecule has 0 atom stereocenters. The Morgan fingerprint density at radius 2 is 2.10 bits per heavy atom. The molecule has 54 valence electrons. The van der Waals surface area contributed by atoms with Crippen molar-refractivity contribution >= 4 is 5.69 Å². The first-order valence-corrected chi connectivity index (χ1v) is 3.84. The average molecular weight is 136 g/mol. The highest BCUT2D eigenvalue weighted by Gasteiger charge is 2.11. The van der Waals surface area contributed by atoms with Crippen molar-refractivity contribution in [3.63, 3.8) is 0 Å². The fourth-order valence-electron chi connectivity index (χ4n) is 1.49. The summed E-state index contributed by atoms with van der Waals surface area (Å²) in [6.45, 7) is 2.47. The van der Waals surface area contributed by atoms with Crippen molar-refractivity contribution in [2.45, 2.75) is 12.8 Å². The van der Waals surface area contributed by atoms with Crippen LogP contribution in [0.5, 0.6) is 0 Å². The summed E-state index contributed by atoms with van der Waals surface area (Å²) in [5.41, 5.74) is 1.34. The Hall–Kier alpha value is -0.920. The number of aromatic amines is 1. The van der Waals surface area contributed by atoms with Crippen LogP contribution in [0.4, 0.5) is 5.69 Å². The molecule has 1 aromatic heterocycles. The minimum absolute atomic E-state index is 1.23. The third kappa shape index (κ3) is 0.897. The van der Waals surface area contributed by atoms with Crippen LogP contribution < -0.4 is 4.90 Å². The first-order chi connectivity index (χ1) is 4.97. The topological polar surface area (TPSA) is 19.0 Å². The van der Waals surface area contributed by atoms with Gasteiger partial charge < -0.3 is 9.88 Å². The highest BCUT2D eigenvalue weighted by molar-refractivity contribution is 5.44. The lowest BCUT2D eigenvalue weighted by Crippen LogP contribution is -2.16. The van der Waals surface area contributed by atoms with Crippen LogP contribution in [0.1, 0.15) is 12.8 Å². The van der Waals surface area contributed by atoms with Crippen molar-refractivity contribution in [1.82, 2.24) is 4.98 Å². The van der Waals surface area contributed by atoms with Gasteiger partial charge in [0, 0.05) is 25.5 Å². The number of nitrogens with one attached hydrogen (secondary N) is 1. The summed E-state index contributed by atoms with van der Waals surface area (Å²) in [7, 11) is 0. The lowest BCUT2D eigenvalue weighted by molar-refractivity contribution is 0.949. The molecule has 1 fully saturated rings. The van der Waals surface area contributed by atoms with Crippen LogP contribution in [0, 0.1) is 0 Å². The van der Waals surface area contributed by atoms with Gasteiger partial charge in [0.2, 0.25) is 0 Å². The second kappa shape index (κ2) is 2.37. The van der Waals surface area contributed by atoms with Crippen LogP contribution in [0.15, 0.2) is 18.5 Å². The largest absolute Gasteiger partial charge is 0.370 e. The number of hydrogen-bond acceptors (Lipinski definition) is 1. The normalized spacial score (nSPS) is 18.2. The van der Waals surface area contributed by atoms with E-state index < -0.39 is 0 Å². The molecule has 1 aliphatic rings. The monoisotopic (exact) mass is 136 g/mol. The van der Waals surface area contributed by atoms with E-state index in [0.717, 1.165) is 0 Å². The van der Waals surface area contributed by atoms with Crippen molar-refractivity contribution in [2.24, 2.45) is 0 Å². The van der Waals surface area contributed by atoms with Gasteiger partial charge in [-0.25, -0.2) is 0 Å². The molecule has 2 heterocycles. The Bertz CT molecular complexity index is 185. The molecule has 1 saturated heterocycles. The number of nitrogens with zero attached hydrogens (tertiary/aromatic N) is 1. The van der Waals surface area contributed by atoms with E-state index in [-0.39, 0.29) is 0 Å². The van der Waals surface area contributed by atoms with Crippen molar-refractivity contribution < 1.29 is 0 Å². The molecule has 0 aliphatic carbocycles. The quantitative estimate of drug-likeness (QED) is 0.621. The Morgan fingerprint density at radius 1 is 1.30 bits per heavy atom. The minimum Gasteiger partial charge on any atom is -0.370 e. The van der Waals surface area contributed by atoms with Crippen molar-refractivity contribution in [2.75, 3.05) is 18.0 Å². The fraction of sp³-hybridized carbons (Fsp3) is 0.500. The first kappa shape index (κ1) is 5.83. The number of anilines is 1. The molecule has 0 spiro atoms. The van der Waals surface area contributed by atoms with Crippen LogP contribution >= 0.6 is 0 Å². The van der Waals surface area contributed by atoms with Gasteiger partial charge in [-0.05, 0) is 18.9 Å². The molecule has 10 heavy (non-hydrogen) atoms. The van der Waals surface area contributed by atoms with E-state index in [0.29, 0.717) is 0 Å². The molecule has 0 aromatic carbocycles. The third-order valence-corrected chi connectivity index (χ3v) is 2.05. The highest BCUT2D eigenvalue weighted by atomic mass is 15.1. The molecule has 2 heteroatoms. The molecule has 1 aliphatic heterocycles. The number of rotatable bonds is 1. The highest BCUT2D eigenvalue weighted by Crippen LogP contribution is 2.18. The van der Waals surface area contributed by atoms with Gasteiger partial charge in [0.15, 0.2) is 0 Å². The molecule has 2 nitrogen and oxygen atoms in total.